The molecule has 110 valence electrons. The number of ether oxygens (including phenoxy) is 1. The number of pyridine rings is 1. The van der Waals surface area contributed by atoms with Gasteiger partial charge < -0.3 is 14.6 Å². The number of carbonyl (C=O) groups is 2. The molecule has 0 saturated heterocycles. The van der Waals surface area contributed by atoms with Crippen LogP contribution in [0, 0.1) is 0 Å². The van der Waals surface area contributed by atoms with E-state index in [1.165, 1.54) is 0 Å². The summed E-state index contributed by atoms with van der Waals surface area (Å²) in [6.07, 6.45) is 5.15. The van der Waals surface area contributed by atoms with Crippen molar-refractivity contribution >= 4 is 11.9 Å². The van der Waals surface area contributed by atoms with E-state index in [0.29, 0.717) is 18.9 Å². The van der Waals surface area contributed by atoms with Gasteiger partial charge in [0.25, 0.3) is 0 Å². The van der Waals surface area contributed by atoms with Gasteiger partial charge in [-0.15, -0.1) is 0 Å². The van der Waals surface area contributed by atoms with E-state index in [1.807, 2.05) is 22.8 Å². The Labute approximate surface area is 122 Å². The largest absolute Gasteiger partial charge is 0.459 e. The van der Waals surface area contributed by atoms with Crippen LogP contribution in [0.4, 0.5) is 0 Å². The summed E-state index contributed by atoms with van der Waals surface area (Å²) >= 11 is 0. The van der Waals surface area contributed by atoms with Crippen LogP contribution in [0.15, 0.2) is 36.8 Å². The Balaban J connectivity index is 1.92. The van der Waals surface area contributed by atoms with Gasteiger partial charge in [0.1, 0.15) is 5.69 Å². The third kappa shape index (κ3) is 3.88. The third-order valence-electron chi connectivity index (χ3n) is 2.71. The fourth-order valence-electron chi connectivity index (χ4n) is 1.78. The summed E-state index contributed by atoms with van der Waals surface area (Å²) in [5.74, 6) is -0.898. The molecule has 7 nitrogen and oxygen atoms in total. The number of nitrogens with one attached hydrogen (secondary N) is 1. The number of rotatable bonds is 5. The lowest BCUT2D eigenvalue weighted by Crippen LogP contribution is -2.34. The van der Waals surface area contributed by atoms with Gasteiger partial charge in [0.05, 0.1) is 6.61 Å². The monoisotopic (exact) mass is 288 g/mol. The highest BCUT2D eigenvalue weighted by atomic mass is 16.5. The molecule has 0 atom stereocenters. The van der Waals surface area contributed by atoms with Crippen LogP contribution in [0.3, 0.4) is 0 Å². The Kier molecular flexibility index (Phi) is 5.03. The summed E-state index contributed by atoms with van der Waals surface area (Å²) < 4.78 is 6.46. The second kappa shape index (κ2) is 7.18. The lowest BCUT2D eigenvalue weighted by Gasteiger charge is -2.08. The number of aromatic nitrogens is 3. The number of hydrogen-bond acceptors (Lipinski definition) is 5. The highest BCUT2D eigenvalue weighted by molar-refractivity contribution is 6.32. The third-order valence-corrected chi connectivity index (χ3v) is 2.71. The molecule has 2 aromatic heterocycles. The van der Waals surface area contributed by atoms with E-state index in [2.05, 4.69) is 20.0 Å². The standard InChI is InChI=1S/C14H16N4O3/c1-2-21-14(20)13(19)17-8-10-18-9-7-16-12(18)11-5-3-4-6-15-11/h3-7,9H,2,8,10H2,1H3,(H,17,19). The number of esters is 1. The summed E-state index contributed by atoms with van der Waals surface area (Å²) in [6, 6.07) is 5.57. The van der Waals surface area contributed by atoms with Crippen LogP contribution in [-0.4, -0.2) is 39.6 Å². The molecule has 0 aromatic carbocycles. The summed E-state index contributed by atoms with van der Waals surface area (Å²) in [5, 5.41) is 2.50. The van der Waals surface area contributed by atoms with E-state index in [4.69, 9.17) is 0 Å². The maximum absolute atomic E-state index is 11.4. The molecular formula is C14H16N4O3. The molecule has 0 aliphatic heterocycles. The molecule has 0 radical (unpaired) electrons. The number of imidazole rings is 1. The van der Waals surface area contributed by atoms with Gasteiger partial charge in [0, 0.05) is 31.7 Å². The fourth-order valence-corrected chi connectivity index (χ4v) is 1.78. The summed E-state index contributed by atoms with van der Waals surface area (Å²) in [7, 11) is 0. The van der Waals surface area contributed by atoms with Crippen LogP contribution < -0.4 is 5.32 Å². The second-order valence-corrected chi connectivity index (χ2v) is 4.14. The minimum Gasteiger partial charge on any atom is -0.459 e. The molecule has 0 bridgehead atoms. The average molecular weight is 288 g/mol. The lowest BCUT2D eigenvalue weighted by molar-refractivity contribution is -0.154. The minimum atomic E-state index is -0.868. The number of carbonyl (C=O) groups excluding carboxylic acids is 2. The van der Waals surface area contributed by atoms with E-state index < -0.39 is 11.9 Å². The Bertz CT molecular complexity index is 610. The van der Waals surface area contributed by atoms with Crippen LogP contribution >= 0.6 is 0 Å². The number of hydrogen-bond donors (Lipinski definition) is 1. The zero-order chi connectivity index (χ0) is 15.1. The summed E-state index contributed by atoms with van der Waals surface area (Å²) in [4.78, 5) is 31.0. The van der Waals surface area contributed by atoms with Crippen LogP contribution in [0.5, 0.6) is 0 Å². The molecule has 7 heteroatoms. The zero-order valence-electron chi connectivity index (χ0n) is 11.7. The van der Waals surface area contributed by atoms with Crippen molar-refractivity contribution in [3.05, 3.63) is 36.8 Å². The van der Waals surface area contributed by atoms with Crippen molar-refractivity contribution < 1.29 is 14.3 Å². The van der Waals surface area contributed by atoms with Crippen LogP contribution in [0.2, 0.25) is 0 Å². The van der Waals surface area contributed by atoms with E-state index in [0.717, 1.165) is 5.69 Å². The molecule has 1 N–H and O–H groups in total. The molecule has 2 rings (SSSR count). The molecule has 0 spiro atoms. The van der Waals surface area contributed by atoms with Crippen molar-refractivity contribution in [2.75, 3.05) is 13.2 Å². The molecule has 0 aliphatic carbocycles. The van der Waals surface area contributed by atoms with Crippen LogP contribution in [0.1, 0.15) is 6.92 Å². The molecule has 0 aliphatic rings. The van der Waals surface area contributed by atoms with E-state index in [9.17, 15) is 9.59 Å². The molecule has 1 amide bonds. The van der Waals surface area contributed by atoms with E-state index >= 15 is 0 Å². The Morgan fingerprint density at radius 3 is 2.86 bits per heavy atom. The maximum Gasteiger partial charge on any atom is 0.396 e. The maximum atomic E-state index is 11.4. The van der Waals surface area contributed by atoms with Gasteiger partial charge in [0.15, 0.2) is 5.82 Å². The van der Waals surface area contributed by atoms with Gasteiger partial charge in [0.2, 0.25) is 0 Å². The number of amides is 1. The molecule has 0 fully saturated rings. The Hall–Kier alpha value is -2.70. The predicted octanol–water partition coefficient (Wildman–Crippen LogP) is 0.624. The van der Waals surface area contributed by atoms with Crippen LogP contribution in [0.25, 0.3) is 11.5 Å². The van der Waals surface area contributed by atoms with Gasteiger partial charge in [-0.05, 0) is 19.1 Å². The van der Waals surface area contributed by atoms with Crippen LogP contribution in [-0.2, 0) is 20.9 Å². The van der Waals surface area contributed by atoms with Gasteiger partial charge >= 0.3 is 11.9 Å². The lowest BCUT2D eigenvalue weighted by atomic mass is 10.3. The van der Waals surface area contributed by atoms with E-state index in [1.54, 1.807) is 25.5 Å². The minimum absolute atomic E-state index is 0.178. The predicted molar refractivity (Wildman–Crippen MR) is 75.1 cm³/mol. The van der Waals surface area contributed by atoms with Crippen molar-refractivity contribution in [3.63, 3.8) is 0 Å². The first kappa shape index (κ1) is 14.7. The van der Waals surface area contributed by atoms with Gasteiger partial charge in [-0.1, -0.05) is 6.07 Å². The Morgan fingerprint density at radius 1 is 1.29 bits per heavy atom. The molecule has 2 aromatic rings. The molecule has 0 saturated carbocycles. The Morgan fingerprint density at radius 2 is 2.14 bits per heavy atom. The van der Waals surface area contributed by atoms with Gasteiger partial charge in [-0.3, -0.25) is 9.78 Å². The highest BCUT2D eigenvalue weighted by Gasteiger charge is 2.14. The molecule has 0 unspecified atom stereocenters. The van der Waals surface area contributed by atoms with Crippen molar-refractivity contribution in [1.29, 1.82) is 0 Å². The van der Waals surface area contributed by atoms with Crippen molar-refractivity contribution in [1.82, 2.24) is 19.9 Å². The summed E-state index contributed by atoms with van der Waals surface area (Å²) in [5.41, 5.74) is 0.749. The summed E-state index contributed by atoms with van der Waals surface area (Å²) in [6.45, 7) is 2.61. The topological polar surface area (TPSA) is 86.1 Å². The van der Waals surface area contributed by atoms with Crippen molar-refractivity contribution in [2.24, 2.45) is 0 Å². The van der Waals surface area contributed by atoms with Gasteiger partial charge in [-0.25, -0.2) is 9.78 Å². The first-order valence-corrected chi connectivity index (χ1v) is 6.60. The smallest absolute Gasteiger partial charge is 0.396 e. The number of nitrogens with zero attached hydrogens (tertiary/aromatic N) is 3. The second-order valence-electron chi connectivity index (χ2n) is 4.14. The fraction of sp³-hybridized carbons (Fsp3) is 0.286. The molecule has 21 heavy (non-hydrogen) atoms. The SMILES string of the molecule is CCOC(=O)C(=O)NCCn1ccnc1-c1ccccn1. The highest BCUT2D eigenvalue weighted by Crippen LogP contribution is 2.13. The van der Waals surface area contributed by atoms with Crippen molar-refractivity contribution in [2.45, 2.75) is 13.5 Å². The first-order valence-electron chi connectivity index (χ1n) is 6.60. The zero-order valence-corrected chi connectivity index (χ0v) is 11.7. The van der Waals surface area contributed by atoms with E-state index in [-0.39, 0.29) is 6.61 Å². The molecule has 2 heterocycles. The first-order chi connectivity index (χ1) is 10.2. The van der Waals surface area contributed by atoms with Crippen molar-refractivity contribution in [3.8, 4) is 11.5 Å². The normalized spacial score (nSPS) is 10.1. The molecular weight excluding hydrogens is 272 g/mol. The average Bonchev–Trinajstić information content (AvgIpc) is 2.96. The quantitative estimate of drug-likeness (QED) is 0.644. The van der Waals surface area contributed by atoms with Gasteiger partial charge in [-0.2, -0.15) is 0 Å².